The van der Waals surface area contributed by atoms with Crippen molar-refractivity contribution in [2.75, 3.05) is 11.9 Å². The van der Waals surface area contributed by atoms with Crippen LogP contribution in [0.5, 0.6) is 11.5 Å². The molecular formula is C26H21ClF3N3O3S. The third-order valence-electron chi connectivity index (χ3n) is 5.28. The Labute approximate surface area is 220 Å². The van der Waals surface area contributed by atoms with Crippen LogP contribution in [0.3, 0.4) is 0 Å². The van der Waals surface area contributed by atoms with Crippen molar-refractivity contribution >= 4 is 51.7 Å². The van der Waals surface area contributed by atoms with Gasteiger partial charge in [0.05, 0.1) is 16.3 Å². The largest absolute Gasteiger partial charge is 0.457 e. The number of para-hydroxylation sites is 1. The molecule has 0 spiro atoms. The molecule has 6 nitrogen and oxygen atoms in total. The summed E-state index contributed by atoms with van der Waals surface area (Å²) in [6, 6.07) is 19.3. The minimum atomic E-state index is -4.64. The standard InChI is InChI=1S/C26H21ClF3N3O3S/c1-2-33-24(35)22(37-25(33)32-17-11-12-21(27)20(14-17)26(28,29)30)15-23(34)31-16-7-6-10-19(13-16)36-18-8-4-3-5-9-18/h3-14,22H,2,15H2,1H3,(H,31,34). The van der Waals surface area contributed by atoms with Gasteiger partial charge in [0.2, 0.25) is 11.8 Å². The average Bonchev–Trinajstić information content (AvgIpc) is 3.13. The number of amides is 2. The number of nitrogens with zero attached hydrogens (tertiary/aromatic N) is 2. The second-order valence-corrected chi connectivity index (χ2v) is 9.52. The van der Waals surface area contributed by atoms with Crippen molar-refractivity contribution in [3.8, 4) is 11.5 Å². The van der Waals surface area contributed by atoms with Crippen molar-refractivity contribution in [1.82, 2.24) is 4.90 Å². The van der Waals surface area contributed by atoms with Crippen molar-refractivity contribution in [2.24, 2.45) is 4.99 Å². The van der Waals surface area contributed by atoms with Gasteiger partial charge >= 0.3 is 6.18 Å². The third kappa shape index (κ3) is 6.64. The smallest absolute Gasteiger partial charge is 0.417 e. The number of thioether (sulfide) groups is 1. The summed E-state index contributed by atoms with van der Waals surface area (Å²) in [5.41, 5.74) is -0.510. The van der Waals surface area contributed by atoms with E-state index in [-0.39, 0.29) is 29.7 Å². The maximum atomic E-state index is 13.2. The van der Waals surface area contributed by atoms with E-state index in [1.807, 2.05) is 18.2 Å². The molecule has 0 aromatic heterocycles. The van der Waals surface area contributed by atoms with E-state index in [9.17, 15) is 22.8 Å². The lowest BCUT2D eigenvalue weighted by molar-refractivity contribution is -0.137. The van der Waals surface area contributed by atoms with Gasteiger partial charge in [-0.2, -0.15) is 13.2 Å². The molecular weight excluding hydrogens is 527 g/mol. The van der Waals surface area contributed by atoms with E-state index in [0.29, 0.717) is 17.2 Å². The monoisotopic (exact) mass is 547 g/mol. The predicted octanol–water partition coefficient (Wildman–Crippen LogP) is 7.13. The SMILES string of the molecule is CCN1C(=O)C(CC(=O)Nc2cccc(Oc3ccccc3)c2)SC1=Nc1ccc(Cl)c(C(F)(F)F)c1. The highest BCUT2D eigenvalue weighted by atomic mass is 35.5. The fourth-order valence-electron chi connectivity index (χ4n) is 3.57. The first kappa shape index (κ1) is 26.6. The molecule has 1 unspecified atom stereocenters. The molecule has 2 amide bonds. The van der Waals surface area contributed by atoms with E-state index in [2.05, 4.69) is 10.3 Å². The molecule has 0 bridgehead atoms. The summed E-state index contributed by atoms with van der Waals surface area (Å²) < 4.78 is 45.4. The number of hydrogen-bond acceptors (Lipinski definition) is 5. The van der Waals surface area contributed by atoms with Crippen LogP contribution in [-0.2, 0) is 15.8 Å². The number of carbonyl (C=O) groups is 2. The lowest BCUT2D eigenvalue weighted by Crippen LogP contribution is -2.33. The maximum Gasteiger partial charge on any atom is 0.417 e. The number of benzene rings is 3. The minimum absolute atomic E-state index is 0.00538. The van der Waals surface area contributed by atoms with Crippen LogP contribution in [0.25, 0.3) is 0 Å². The molecule has 4 rings (SSSR count). The number of hydrogen-bond donors (Lipinski definition) is 1. The van der Waals surface area contributed by atoms with Crippen molar-refractivity contribution < 1.29 is 27.5 Å². The van der Waals surface area contributed by atoms with Gasteiger partial charge in [-0.25, -0.2) is 4.99 Å². The van der Waals surface area contributed by atoms with Gasteiger partial charge in [0.15, 0.2) is 5.17 Å². The lowest BCUT2D eigenvalue weighted by atomic mass is 10.2. The van der Waals surface area contributed by atoms with Crippen LogP contribution in [0.1, 0.15) is 18.9 Å². The van der Waals surface area contributed by atoms with Crippen LogP contribution in [0.4, 0.5) is 24.5 Å². The van der Waals surface area contributed by atoms with Crippen molar-refractivity contribution in [1.29, 1.82) is 0 Å². The van der Waals surface area contributed by atoms with Crippen molar-refractivity contribution in [3.63, 3.8) is 0 Å². The number of aliphatic imine (C=N–C) groups is 1. The summed E-state index contributed by atoms with van der Waals surface area (Å²) in [4.78, 5) is 31.2. The number of amidine groups is 1. The van der Waals surface area contributed by atoms with Crippen LogP contribution < -0.4 is 10.1 Å². The predicted molar refractivity (Wildman–Crippen MR) is 139 cm³/mol. The molecule has 1 aliphatic rings. The molecule has 1 saturated heterocycles. The molecule has 0 aliphatic carbocycles. The Morgan fingerprint density at radius 1 is 1.08 bits per heavy atom. The Morgan fingerprint density at radius 2 is 1.81 bits per heavy atom. The van der Waals surface area contributed by atoms with Gasteiger partial charge in [-0.15, -0.1) is 0 Å². The minimum Gasteiger partial charge on any atom is -0.457 e. The summed E-state index contributed by atoms with van der Waals surface area (Å²) in [5, 5.41) is 1.78. The third-order valence-corrected chi connectivity index (χ3v) is 6.79. The average molecular weight is 548 g/mol. The topological polar surface area (TPSA) is 71.0 Å². The molecule has 1 N–H and O–H groups in total. The lowest BCUT2D eigenvalue weighted by Gasteiger charge is -2.14. The summed E-state index contributed by atoms with van der Waals surface area (Å²) in [6.07, 6.45) is -4.78. The Balaban J connectivity index is 1.44. The van der Waals surface area contributed by atoms with Crippen molar-refractivity contribution in [2.45, 2.75) is 24.8 Å². The van der Waals surface area contributed by atoms with Gasteiger partial charge in [0.1, 0.15) is 16.7 Å². The molecule has 192 valence electrons. The molecule has 1 fully saturated rings. The number of anilines is 1. The highest BCUT2D eigenvalue weighted by Gasteiger charge is 2.39. The van der Waals surface area contributed by atoms with Gasteiger partial charge in [0.25, 0.3) is 0 Å². The summed E-state index contributed by atoms with van der Waals surface area (Å²) >= 11 is 6.72. The number of carbonyl (C=O) groups excluding carboxylic acids is 2. The Bertz CT molecular complexity index is 1340. The summed E-state index contributed by atoms with van der Waals surface area (Å²) in [5.74, 6) is 0.440. The second kappa shape index (κ2) is 11.3. The van der Waals surface area contributed by atoms with E-state index in [4.69, 9.17) is 16.3 Å². The molecule has 3 aromatic rings. The molecule has 37 heavy (non-hydrogen) atoms. The van der Waals surface area contributed by atoms with E-state index in [1.54, 1.807) is 43.3 Å². The highest BCUT2D eigenvalue weighted by molar-refractivity contribution is 8.15. The Morgan fingerprint density at radius 3 is 2.51 bits per heavy atom. The Hall–Kier alpha value is -3.50. The van der Waals surface area contributed by atoms with Crippen LogP contribution >= 0.6 is 23.4 Å². The van der Waals surface area contributed by atoms with Crippen molar-refractivity contribution in [3.05, 3.63) is 83.4 Å². The second-order valence-electron chi connectivity index (χ2n) is 7.94. The summed E-state index contributed by atoms with van der Waals surface area (Å²) in [6.45, 7) is 1.97. The van der Waals surface area contributed by atoms with E-state index in [0.717, 1.165) is 23.9 Å². The number of ether oxygens (including phenoxy) is 1. The maximum absolute atomic E-state index is 13.2. The van der Waals surface area contributed by atoms with E-state index < -0.39 is 27.9 Å². The zero-order chi connectivity index (χ0) is 26.6. The van der Waals surface area contributed by atoms with E-state index in [1.165, 1.54) is 11.0 Å². The zero-order valence-electron chi connectivity index (χ0n) is 19.5. The van der Waals surface area contributed by atoms with Gasteiger partial charge < -0.3 is 10.1 Å². The number of halogens is 4. The molecule has 1 heterocycles. The van der Waals surface area contributed by atoms with Gasteiger partial charge in [0, 0.05) is 24.7 Å². The first-order valence-corrected chi connectivity index (χ1v) is 12.5. The molecule has 0 saturated carbocycles. The van der Waals surface area contributed by atoms with Crippen LogP contribution in [0, 0.1) is 0 Å². The Kier molecular flexibility index (Phi) is 8.09. The van der Waals surface area contributed by atoms with Crippen LogP contribution in [0.15, 0.2) is 77.8 Å². The number of nitrogens with one attached hydrogen (secondary N) is 1. The first-order valence-electron chi connectivity index (χ1n) is 11.2. The number of alkyl halides is 3. The van der Waals surface area contributed by atoms with Gasteiger partial charge in [-0.1, -0.05) is 47.6 Å². The molecule has 0 radical (unpaired) electrons. The molecule has 1 atom stereocenters. The number of rotatable bonds is 7. The van der Waals surface area contributed by atoms with Crippen LogP contribution in [0.2, 0.25) is 5.02 Å². The summed E-state index contributed by atoms with van der Waals surface area (Å²) in [7, 11) is 0. The first-order chi connectivity index (χ1) is 17.6. The van der Waals surface area contributed by atoms with Crippen LogP contribution in [-0.4, -0.2) is 33.7 Å². The van der Waals surface area contributed by atoms with Gasteiger partial charge in [-0.05, 0) is 49.4 Å². The fraction of sp³-hybridized carbons (Fsp3) is 0.192. The normalized spacial score (nSPS) is 16.8. The van der Waals surface area contributed by atoms with Gasteiger partial charge in [-0.3, -0.25) is 14.5 Å². The fourth-order valence-corrected chi connectivity index (χ4v) is 5.02. The highest BCUT2D eigenvalue weighted by Crippen LogP contribution is 2.38. The molecule has 3 aromatic carbocycles. The van der Waals surface area contributed by atoms with E-state index >= 15 is 0 Å². The zero-order valence-corrected chi connectivity index (χ0v) is 21.0. The molecule has 1 aliphatic heterocycles. The quantitative estimate of drug-likeness (QED) is 0.341. The molecule has 11 heteroatoms.